The van der Waals surface area contributed by atoms with E-state index >= 15 is 0 Å². The number of pyridine rings is 1. The first-order valence-electron chi connectivity index (χ1n) is 6.07. The van der Waals surface area contributed by atoms with Gasteiger partial charge in [-0.25, -0.2) is 10.8 Å². The molecule has 2 aromatic rings. The van der Waals surface area contributed by atoms with Crippen molar-refractivity contribution in [3.8, 4) is 0 Å². The molecule has 4 N–H and O–H groups in total. The summed E-state index contributed by atoms with van der Waals surface area (Å²) < 4.78 is 0. The number of carbonyl (C=O) groups excluding carboxylic acids is 1. The van der Waals surface area contributed by atoms with Crippen molar-refractivity contribution in [1.82, 2.24) is 4.98 Å². The van der Waals surface area contributed by atoms with Gasteiger partial charge in [-0.2, -0.15) is 0 Å². The minimum atomic E-state index is -0.234. The van der Waals surface area contributed by atoms with Gasteiger partial charge in [-0.05, 0) is 30.2 Å². The van der Waals surface area contributed by atoms with Crippen LogP contribution < -0.4 is 16.6 Å². The molecule has 2 rings (SSSR count). The van der Waals surface area contributed by atoms with E-state index in [2.05, 4.69) is 15.7 Å². The van der Waals surface area contributed by atoms with Gasteiger partial charge in [0, 0.05) is 11.9 Å². The molecular formula is C14H16N4O. The number of nitrogens with two attached hydrogens (primary N) is 1. The highest BCUT2D eigenvalue weighted by molar-refractivity contribution is 6.07. The van der Waals surface area contributed by atoms with Crippen molar-refractivity contribution in [2.75, 3.05) is 10.7 Å². The molecule has 0 aliphatic rings. The lowest BCUT2D eigenvalue weighted by Crippen LogP contribution is -2.18. The zero-order valence-electron chi connectivity index (χ0n) is 10.7. The van der Waals surface area contributed by atoms with Crippen molar-refractivity contribution in [3.63, 3.8) is 0 Å². The fraction of sp³-hybridized carbons (Fsp3) is 0.143. The number of hydrazine groups is 1. The van der Waals surface area contributed by atoms with Crippen molar-refractivity contribution in [1.29, 1.82) is 0 Å². The van der Waals surface area contributed by atoms with E-state index in [1.54, 1.807) is 18.3 Å². The molecule has 0 radical (unpaired) electrons. The Morgan fingerprint density at radius 1 is 1.26 bits per heavy atom. The van der Waals surface area contributed by atoms with Gasteiger partial charge in [-0.3, -0.25) is 4.79 Å². The Morgan fingerprint density at radius 3 is 2.79 bits per heavy atom. The number of anilines is 2. The Kier molecular flexibility index (Phi) is 4.10. The lowest BCUT2D eigenvalue weighted by Gasteiger charge is -2.11. The largest absolute Gasteiger partial charge is 0.322 e. The Morgan fingerprint density at radius 2 is 2.05 bits per heavy atom. The number of benzene rings is 1. The van der Waals surface area contributed by atoms with Gasteiger partial charge in [0.1, 0.15) is 0 Å². The van der Waals surface area contributed by atoms with Crippen LogP contribution in [0.1, 0.15) is 22.8 Å². The van der Waals surface area contributed by atoms with Gasteiger partial charge < -0.3 is 10.7 Å². The molecule has 0 fully saturated rings. The molecule has 0 atom stereocenters. The van der Waals surface area contributed by atoms with Crippen molar-refractivity contribution in [2.45, 2.75) is 13.3 Å². The molecule has 1 aromatic heterocycles. The van der Waals surface area contributed by atoms with E-state index in [0.717, 1.165) is 17.7 Å². The molecule has 1 heterocycles. The second kappa shape index (κ2) is 5.97. The van der Waals surface area contributed by atoms with Crippen molar-refractivity contribution in [2.24, 2.45) is 5.84 Å². The predicted octanol–water partition coefficient (Wildman–Crippen LogP) is 2.18. The molecule has 1 amide bonds. The number of rotatable bonds is 4. The fourth-order valence-corrected chi connectivity index (χ4v) is 1.84. The normalized spacial score (nSPS) is 10.0. The van der Waals surface area contributed by atoms with E-state index in [9.17, 15) is 4.79 Å². The summed E-state index contributed by atoms with van der Waals surface area (Å²) in [4.78, 5) is 16.2. The average Bonchev–Trinajstić information content (AvgIpc) is 2.47. The molecular weight excluding hydrogens is 240 g/mol. The number of carbonyl (C=O) groups is 1. The van der Waals surface area contributed by atoms with Gasteiger partial charge in [0.25, 0.3) is 5.91 Å². The summed E-state index contributed by atoms with van der Waals surface area (Å²) in [6, 6.07) is 11.1. The summed E-state index contributed by atoms with van der Waals surface area (Å²) in [6.45, 7) is 2.04. The van der Waals surface area contributed by atoms with Crippen LogP contribution in [0.4, 0.5) is 11.5 Å². The van der Waals surface area contributed by atoms with Crippen molar-refractivity contribution < 1.29 is 4.79 Å². The summed E-state index contributed by atoms with van der Waals surface area (Å²) >= 11 is 0. The first-order valence-corrected chi connectivity index (χ1v) is 6.07. The summed E-state index contributed by atoms with van der Waals surface area (Å²) in [5.74, 6) is 5.47. The Bertz CT molecular complexity index is 583. The molecule has 0 bridgehead atoms. The highest BCUT2D eigenvalue weighted by atomic mass is 16.1. The van der Waals surface area contributed by atoms with E-state index < -0.39 is 0 Å². The number of amides is 1. The number of nitrogen functional groups attached to an aromatic ring is 1. The van der Waals surface area contributed by atoms with Crippen LogP contribution in [0.25, 0.3) is 0 Å². The second-order valence-electron chi connectivity index (χ2n) is 4.01. The van der Waals surface area contributed by atoms with Gasteiger partial charge in [0.15, 0.2) is 5.82 Å². The smallest absolute Gasteiger partial charge is 0.259 e. The zero-order chi connectivity index (χ0) is 13.7. The molecule has 5 nitrogen and oxygen atoms in total. The summed E-state index contributed by atoms with van der Waals surface area (Å²) in [6.07, 6.45) is 2.43. The zero-order valence-corrected chi connectivity index (χ0v) is 10.7. The Hall–Kier alpha value is -2.40. The monoisotopic (exact) mass is 256 g/mol. The minimum absolute atomic E-state index is 0.234. The SMILES string of the molecule is CCc1ccccc1NC(=O)c1cccnc1NN. The summed E-state index contributed by atoms with van der Waals surface area (Å²) in [7, 11) is 0. The number of hydrogen-bond donors (Lipinski definition) is 3. The lowest BCUT2D eigenvalue weighted by molar-refractivity contribution is 0.102. The van der Waals surface area contributed by atoms with Gasteiger partial charge in [-0.1, -0.05) is 25.1 Å². The van der Waals surface area contributed by atoms with Crippen LogP contribution in [0.3, 0.4) is 0 Å². The molecule has 19 heavy (non-hydrogen) atoms. The van der Waals surface area contributed by atoms with Crippen LogP contribution in [0, 0.1) is 0 Å². The predicted molar refractivity (Wildman–Crippen MR) is 75.8 cm³/mol. The van der Waals surface area contributed by atoms with Crippen LogP contribution in [0.15, 0.2) is 42.6 Å². The third kappa shape index (κ3) is 2.89. The first kappa shape index (κ1) is 13.0. The molecule has 0 unspecified atom stereocenters. The Balaban J connectivity index is 2.26. The van der Waals surface area contributed by atoms with Crippen LogP contribution in [0.5, 0.6) is 0 Å². The van der Waals surface area contributed by atoms with E-state index in [-0.39, 0.29) is 5.91 Å². The fourth-order valence-electron chi connectivity index (χ4n) is 1.84. The molecule has 0 spiro atoms. The van der Waals surface area contributed by atoms with Gasteiger partial charge in [0.2, 0.25) is 0 Å². The first-order chi connectivity index (χ1) is 9.26. The van der Waals surface area contributed by atoms with Crippen LogP contribution in [0.2, 0.25) is 0 Å². The molecule has 0 aliphatic heterocycles. The number of hydrogen-bond acceptors (Lipinski definition) is 4. The standard InChI is InChI=1S/C14H16N4O/c1-2-10-6-3-4-8-12(10)17-14(19)11-7-5-9-16-13(11)18-15/h3-9H,2,15H2,1H3,(H,16,18)(H,17,19). The number of para-hydroxylation sites is 1. The highest BCUT2D eigenvalue weighted by Crippen LogP contribution is 2.18. The van der Waals surface area contributed by atoms with Crippen molar-refractivity contribution >= 4 is 17.4 Å². The van der Waals surface area contributed by atoms with Crippen LogP contribution in [-0.4, -0.2) is 10.9 Å². The topological polar surface area (TPSA) is 80.0 Å². The minimum Gasteiger partial charge on any atom is -0.322 e. The maximum absolute atomic E-state index is 12.2. The summed E-state index contributed by atoms with van der Waals surface area (Å²) in [5, 5.41) is 2.88. The number of aromatic nitrogens is 1. The molecule has 0 saturated carbocycles. The number of aryl methyl sites for hydroxylation is 1. The van der Waals surface area contributed by atoms with Crippen LogP contribution in [-0.2, 0) is 6.42 Å². The third-order valence-corrected chi connectivity index (χ3v) is 2.84. The lowest BCUT2D eigenvalue weighted by atomic mass is 10.1. The maximum Gasteiger partial charge on any atom is 0.259 e. The van der Waals surface area contributed by atoms with Gasteiger partial charge >= 0.3 is 0 Å². The van der Waals surface area contributed by atoms with E-state index in [1.807, 2.05) is 31.2 Å². The molecule has 0 saturated heterocycles. The maximum atomic E-state index is 12.2. The van der Waals surface area contributed by atoms with Crippen LogP contribution >= 0.6 is 0 Å². The molecule has 0 aliphatic carbocycles. The average molecular weight is 256 g/mol. The quantitative estimate of drug-likeness (QED) is 0.578. The molecule has 5 heteroatoms. The second-order valence-corrected chi connectivity index (χ2v) is 4.01. The number of nitrogens with one attached hydrogen (secondary N) is 2. The number of nitrogens with zero attached hydrogens (tertiary/aromatic N) is 1. The van der Waals surface area contributed by atoms with Gasteiger partial charge in [0.05, 0.1) is 5.56 Å². The van der Waals surface area contributed by atoms with E-state index in [4.69, 9.17) is 5.84 Å². The Labute approximate surface area is 111 Å². The van der Waals surface area contributed by atoms with Crippen molar-refractivity contribution in [3.05, 3.63) is 53.7 Å². The third-order valence-electron chi connectivity index (χ3n) is 2.84. The van der Waals surface area contributed by atoms with E-state index in [0.29, 0.717) is 11.4 Å². The molecule has 1 aromatic carbocycles. The summed E-state index contributed by atoms with van der Waals surface area (Å²) in [5.41, 5.74) is 4.72. The van der Waals surface area contributed by atoms with E-state index in [1.165, 1.54) is 0 Å². The molecule has 98 valence electrons. The highest BCUT2D eigenvalue weighted by Gasteiger charge is 2.12. The van der Waals surface area contributed by atoms with Gasteiger partial charge in [-0.15, -0.1) is 0 Å².